The predicted octanol–water partition coefficient (Wildman–Crippen LogP) is 4.42. The number of sulfone groups is 1. The zero-order chi connectivity index (χ0) is 15.6. The molecule has 2 aromatic carbocycles. The molecule has 2 nitrogen and oxygen atoms in total. The maximum absolute atomic E-state index is 13.8. The van der Waals surface area contributed by atoms with Gasteiger partial charge in [-0.3, -0.25) is 0 Å². The quantitative estimate of drug-likeness (QED) is 0.570. The van der Waals surface area contributed by atoms with Crippen molar-refractivity contribution < 1.29 is 17.2 Å². The summed E-state index contributed by atoms with van der Waals surface area (Å²) in [7, 11) is -3.24. The van der Waals surface area contributed by atoms with Gasteiger partial charge in [0.1, 0.15) is 11.6 Å². The lowest BCUT2D eigenvalue weighted by Crippen LogP contribution is -1.96. The van der Waals surface area contributed by atoms with Gasteiger partial charge in [-0.15, -0.1) is 11.8 Å². The number of benzene rings is 2. The molecule has 7 heteroatoms. The molecule has 0 fully saturated rings. The molecule has 0 saturated heterocycles. The van der Waals surface area contributed by atoms with Crippen LogP contribution in [-0.2, 0) is 15.6 Å². The molecule has 0 aliphatic carbocycles. The number of rotatable bonds is 4. The third-order valence-corrected chi connectivity index (χ3v) is 5.55. The van der Waals surface area contributed by atoms with Gasteiger partial charge in [0.15, 0.2) is 9.84 Å². The molecule has 2 rings (SSSR count). The fourth-order valence-electron chi connectivity index (χ4n) is 1.64. The van der Waals surface area contributed by atoms with Gasteiger partial charge in [-0.2, -0.15) is 0 Å². The maximum atomic E-state index is 13.8. The van der Waals surface area contributed by atoms with Crippen LogP contribution in [0.25, 0.3) is 0 Å². The standard InChI is InChI=1S/C14H11BrF2O2S2/c1-21(18,19)10-4-2-9(3-5-10)20-8-11-13(16)7-6-12(15)14(11)17/h2-7H,8H2,1H3. The Balaban J connectivity index is 2.16. The minimum absolute atomic E-state index is 0.0124. The topological polar surface area (TPSA) is 34.1 Å². The zero-order valence-electron chi connectivity index (χ0n) is 10.9. The van der Waals surface area contributed by atoms with Crippen molar-refractivity contribution in [2.24, 2.45) is 0 Å². The second-order valence-corrected chi connectivity index (χ2v) is 8.27. The zero-order valence-corrected chi connectivity index (χ0v) is 14.2. The van der Waals surface area contributed by atoms with Crippen LogP contribution in [0.5, 0.6) is 0 Å². The van der Waals surface area contributed by atoms with Crippen LogP contribution in [0.15, 0.2) is 50.7 Å². The van der Waals surface area contributed by atoms with Crippen molar-refractivity contribution in [1.29, 1.82) is 0 Å². The summed E-state index contributed by atoms with van der Waals surface area (Å²) in [6.07, 6.45) is 1.13. The van der Waals surface area contributed by atoms with E-state index < -0.39 is 21.5 Å². The first-order valence-electron chi connectivity index (χ1n) is 5.84. The highest BCUT2D eigenvalue weighted by Gasteiger charge is 2.13. The van der Waals surface area contributed by atoms with E-state index in [2.05, 4.69) is 15.9 Å². The molecule has 0 bridgehead atoms. The van der Waals surface area contributed by atoms with Crippen LogP contribution in [0.1, 0.15) is 5.56 Å². The van der Waals surface area contributed by atoms with Crippen LogP contribution >= 0.6 is 27.7 Å². The smallest absolute Gasteiger partial charge is 0.175 e. The van der Waals surface area contributed by atoms with Gasteiger partial charge in [-0.25, -0.2) is 17.2 Å². The monoisotopic (exact) mass is 392 g/mol. The maximum Gasteiger partial charge on any atom is 0.175 e. The van der Waals surface area contributed by atoms with Gasteiger partial charge in [0, 0.05) is 22.5 Å². The third kappa shape index (κ3) is 4.05. The number of hydrogen-bond acceptors (Lipinski definition) is 3. The third-order valence-electron chi connectivity index (χ3n) is 2.77. The van der Waals surface area contributed by atoms with E-state index in [-0.39, 0.29) is 20.7 Å². The van der Waals surface area contributed by atoms with E-state index in [1.54, 1.807) is 12.1 Å². The Labute approximate surface area is 134 Å². The molecule has 0 atom stereocenters. The summed E-state index contributed by atoms with van der Waals surface area (Å²) in [5.74, 6) is -1.10. The fourth-order valence-corrected chi connectivity index (χ4v) is 3.55. The average molecular weight is 393 g/mol. The molecule has 2 aromatic rings. The van der Waals surface area contributed by atoms with E-state index in [1.807, 2.05) is 0 Å². The minimum Gasteiger partial charge on any atom is -0.224 e. The van der Waals surface area contributed by atoms with Crippen LogP contribution in [0.4, 0.5) is 8.78 Å². The summed E-state index contributed by atoms with van der Waals surface area (Å²) in [4.78, 5) is 0.952. The SMILES string of the molecule is CS(=O)(=O)c1ccc(SCc2c(F)ccc(Br)c2F)cc1. The number of hydrogen-bond donors (Lipinski definition) is 0. The first kappa shape index (κ1) is 16.5. The lowest BCUT2D eigenvalue weighted by atomic mass is 10.2. The summed E-state index contributed by atoms with van der Waals surface area (Å²) in [5, 5.41) is 0. The Morgan fingerprint density at radius 1 is 1.10 bits per heavy atom. The first-order valence-corrected chi connectivity index (χ1v) is 9.51. The molecule has 0 spiro atoms. The molecule has 0 N–H and O–H groups in total. The van der Waals surface area contributed by atoms with Crippen LogP contribution in [0.3, 0.4) is 0 Å². The molecule has 0 unspecified atom stereocenters. The fraction of sp³-hybridized carbons (Fsp3) is 0.143. The molecule has 0 radical (unpaired) electrons. The largest absolute Gasteiger partial charge is 0.224 e. The molecule has 0 heterocycles. The molecule has 0 saturated carbocycles. The molecular formula is C14H11BrF2O2S2. The average Bonchev–Trinajstić information content (AvgIpc) is 2.43. The summed E-state index contributed by atoms with van der Waals surface area (Å²) in [5.41, 5.74) is -0.0124. The highest BCUT2D eigenvalue weighted by atomic mass is 79.9. The van der Waals surface area contributed by atoms with Crippen molar-refractivity contribution in [3.8, 4) is 0 Å². The Bertz CT molecular complexity index is 759. The molecule has 0 amide bonds. The number of thioether (sulfide) groups is 1. The van der Waals surface area contributed by atoms with Crippen LogP contribution < -0.4 is 0 Å². The molecular weight excluding hydrogens is 382 g/mol. The van der Waals surface area contributed by atoms with Crippen LogP contribution in [0, 0.1) is 11.6 Å². The summed E-state index contributed by atoms with van der Waals surface area (Å²) < 4.78 is 50.3. The summed E-state index contributed by atoms with van der Waals surface area (Å²) in [6, 6.07) is 8.72. The second kappa shape index (κ2) is 6.46. The molecule has 0 aromatic heterocycles. The van der Waals surface area contributed by atoms with Gasteiger partial charge in [-0.1, -0.05) is 0 Å². The van der Waals surface area contributed by atoms with Gasteiger partial charge in [0.2, 0.25) is 0 Å². The second-order valence-electron chi connectivity index (χ2n) is 4.35. The Morgan fingerprint density at radius 3 is 2.29 bits per heavy atom. The van der Waals surface area contributed by atoms with E-state index in [4.69, 9.17) is 0 Å². The van der Waals surface area contributed by atoms with Crippen molar-refractivity contribution in [3.05, 3.63) is 58.1 Å². The molecule has 0 aliphatic rings. The Kier molecular flexibility index (Phi) is 5.06. The highest BCUT2D eigenvalue weighted by molar-refractivity contribution is 9.10. The van der Waals surface area contributed by atoms with Crippen molar-refractivity contribution in [2.75, 3.05) is 6.26 Å². The number of halogens is 3. The Morgan fingerprint density at radius 2 is 1.71 bits per heavy atom. The normalized spacial score (nSPS) is 11.6. The van der Waals surface area contributed by atoms with Gasteiger partial charge in [-0.05, 0) is 52.3 Å². The van der Waals surface area contributed by atoms with Crippen molar-refractivity contribution in [3.63, 3.8) is 0 Å². The van der Waals surface area contributed by atoms with Gasteiger partial charge >= 0.3 is 0 Å². The van der Waals surface area contributed by atoms with Crippen molar-refractivity contribution in [1.82, 2.24) is 0 Å². The highest BCUT2D eigenvalue weighted by Crippen LogP contribution is 2.29. The van der Waals surface area contributed by atoms with Crippen molar-refractivity contribution in [2.45, 2.75) is 15.5 Å². The van der Waals surface area contributed by atoms with Crippen LogP contribution in [0.2, 0.25) is 0 Å². The van der Waals surface area contributed by atoms with E-state index >= 15 is 0 Å². The molecule has 0 aliphatic heterocycles. The van der Waals surface area contributed by atoms with E-state index in [9.17, 15) is 17.2 Å². The summed E-state index contributed by atoms with van der Waals surface area (Å²) >= 11 is 4.25. The van der Waals surface area contributed by atoms with Crippen molar-refractivity contribution >= 4 is 37.5 Å². The molecule has 21 heavy (non-hydrogen) atoms. The lowest BCUT2D eigenvalue weighted by Gasteiger charge is -2.07. The van der Waals surface area contributed by atoms with Gasteiger partial charge < -0.3 is 0 Å². The van der Waals surface area contributed by atoms with E-state index in [1.165, 1.54) is 36.0 Å². The van der Waals surface area contributed by atoms with E-state index in [0.29, 0.717) is 0 Å². The van der Waals surface area contributed by atoms with E-state index in [0.717, 1.165) is 11.2 Å². The molecule has 112 valence electrons. The summed E-state index contributed by atoms with van der Waals surface area (Å²) in [6.45, 7) is 0. The van der Waals surface area contributed by atoms with Gasteiger partial charge in [0.05, 0.1) is 9.37 Å². The minimum atomic E-state index is -3.24. The Hall–Kier alpha value is -0.920. The first-order chi connectivity index (χ1) is 9.79. The van der Waals surface area contributed by atoms with Crippen LogP contribution in [-0.4, -0.2) is 14.7 Å². The van der Waals surface area contributed by atoms with Gasteiger partial charge in [0.25, 0.3) is 0 Å². The predicted molar refractivity (Wildman–Crippen MR) is 83.2 cm³/mol. The lowest BCUT2D eigenvalue weighted by molar-refractivity contribution is 0.562.